The molecule has 1 aliphatic heterocycles. The van der Waals surface area contributed by atoms with Gasteiger partial charge in [0.05, 0.1) is 30.2 Å². The summed E-state index contributed by atoms with van der Waals surface area (Å²) in [5, 5.41) is 1.94. The third-order valence-electron chi connectivity index (χ3n) is 4.74. The molecule has 1 aliphatic rings. The van der Waals surface area contributed by atoms with Gasteiger partial charge < -0.3 is 15.1 Å². The fraction of sp³-hybridized carbons (Fsp3) is 0.556. The van der Waals surface area contributed by atoms with Gasteiger partial charge in [-0.15, -0.1) is 0 Å². The number of carbonyl (C=O) groups is 2. The zero-order chi connectivity index (χ0) is 20.2. The maximum atomic E-state index is 12.9. The van der Waals surface area contributed by atoms with E-state index in [0.717, 1.165) is 38.1 Å². The highest BCUT2D eigenvalue weighted by Gasteiger charge is 2.33. The molecule has 150 valence electrons. The number of benzene rings is 1. The minimum atomic E-state index is -4.61. The van der Waals surface area contributed by atoms with Crippen LogP contribution >= 0.6 is 11.6 Å². The largest absolute Gasteiger partial charge is 0.417 e. The number of rotatable bonds is 5. The van der Waals surface area contributed by atoms with Crippen molar-refractivity contribution >= 4 is 29.1 Å². The number of halogens is 4. The number of quaternary nitrogens is 1. The Morgan fingerprint density at radius 1 is 1.30 bits per heavy atom. The number of anilines is 1. The monoisotopic (exact) mass is 406 g/mol. The van der Waals surface area contributed by atoms with Crippen molar-refractivity contribution in [3.63, 3.8) is 0 Å². The van der Waals surface area contributed by atoms with E-state index in [2.05, 4.69) is 12.2 Å². The molecule has 0 aromatic heterocycles. The quantitative estimate of drug-likeness (QED) is 0.786. The topological polar surface area (TPSA) is 53.9 Å². The Bertz CT molecular complexity index is 689. The summed E-state index contributed by atoms with van der Waals surface area (Å²) in [4.78, 5) is 26.8. The van der Waals surface area contributed by atoms with Gasteiger partial charge in [0.1, 0.15) is 0 Å². The molecule has 1 aromatic rings. The first-order valence-electron chi connectivity index (χ1n) is 8.80. The number of likely N-dealkylation sites (N-methyl/N-ethyl adjacent to an activating group) is 1. The first-order valence-corrected chi connectivity index (χ1v) is 9.18. The Morgan fingerprint density at radius 3 is 2.52 bits per heavy atom. The number of nitrogens with zero attached hydrogens (tertiary/aromatic N) is 1. The normalized spacial score (nSPS) is 20.2. The molecular weight excluding hydrogens is 383 g/mol. The Balaban J connectivity index is 1.88. The van der Waals surface area contributed by atoms with Crippen LogP contribution < -0.4 is 10.2 Å². The number of hydrogen-bond acceptors (Lipinski definition) is 2. The summed E-state index contributed by atoms with van der Waals surface area (Å²) in [6, 6.07) is 3.15. The molecule has 0 spiro atoms. The smallest absolute Gasteiger partial charge is 0.332 e. The van der Waals surface area contributed by atoms with E-state index in [0.29, 0.717) is 12.5 Å². The summed E-state index contributed by atoms with van der Waals surface area (Å²) in [5.74, 6) is -0.0568. The van der Waals surface area contributed by atoms with Gasteiger partial charge in [-0.25, -0.2) is 0 Å². The van der Waals surface area contributed by atoms with E-state index in [-0.39, 0.29) is 18.1 Å². The minimum Gasteiger partial charge on any atom is -0.332 e. The molecule has 0 unspecified atom stereocenters. The van der Waals surface area contributed by atoms with Gasteiger partial charge in [-0.1, -0.05) is 18.5 Å². The second-order valence-corrected chi connectivity index (χ2v) is 7.51. The molecule has 0 atom stereocenters. The number of amides is 2. The van der Waals surface area contributed by atoms with Crippen molar-refractivity contribution < 1.29 is 27.7 Å². The average molecular weight is 407 g/mol. The molecule has 2 rings (SSSR count). The van der Waals surface area contributed by atoms with E-state index in [1.54, 1.807) is 0 Å². The van der Waals surface area contributed by atoms with Gasteiger partial charge in [-0.3, -0.25) is 9.59 Å². The molecule has 1 saturated heterocycles. The van der Waals surface area contributed by atoms with Crippen LogP contribution in [0.5, 0.6) is 0 Å². The second-order valence-electron chi connectivity index (χ2n) is 7.10. The average Bonchev–Trinajstić information content (AvgIpc) is 2.57. The van der Waals surface area contributed by atoms with Crippen LogP contribution in [0.1, 0.15) is 25.3 Å². The van der Waals surface area contributed by atoms with Gasteiger partial charge in [0.25, 0.3) is 5.91 Å². The SMILES string of the molecule is CC1CC[NH+](CC(=O)N(C)CC(=O)Nc2ccc(Cl)c(C(F)(F)F)c2)CC1. The molecule has 0 aliphatic carbocycles. The van der Waals surface area contributed by atoms with Gasteiger partial charge in [-0.05, 0) is 37.0 Å². The Hall–Kier alpha value is -1.80. The molecule has 9 heteroatoms. The number of likely N-dealkylation sites (tertiary alicyclic amines) is 1. The standard InChI is InChI=1S/C18H23ClF3N3O2/c1-12-5-7-25(8-6-12)11-17(27)24(2)10-16(26)23-13-3-4-15(19)14(9-13)18(20,21)22/h3-4,9,12H,5-8,10-11H2,1-2H3,(H,23,26)/p+1. The van der Waals surface area contributed by atoms with Crippen molar-refractivity contribution in [2.45, 2.75) is 25.9 Å². The van der Waals surface area contributed by atoms with Crippen molar-refractivity contribution in [3.8, 4) is 0 Å². The van der Waals surface area contributed by atoms with E-state index in [4.69, 9.17) is 11.6 Å². The Labute approximate surface area is 161 Å². The minimum absolute atomic E-state index is 0.0202. The molecule has 0 saturated carbocycles. The summed E-state index contributed by atoms with van der Waals surface area (Å²) in [7, 11) is 1.51. The van der Waals surface area contributed by atoms with Crippen LogP contribution in [0.4, 0.5) is 18.9 Å². The lowest BCUT2D eigenvalue weighted by atomic mass is 9.99. The van der Waals surface area contributed by atoms with Gasteiger partial charge in [0.15, 0.2) is 6.54 Å². The first kappa shape index (κ1) is 21.5. The van der Waals surface area contributed by atoms with Crippen LogP contribution in [0.15, 0.2) is 18.2 Å². The number of piperidine rings is 1. The first-order chi connectivity index (χ1) is 12.6. The number of carbonyl (C=O) groups excluding carboxylic acids is 2. The van der Waals surface area contributed by atoms with Crippen LogP contribution in [0.25, 0.3) is 0 Å². The van der Waals surface area contributed by atoms with Gasteiger partial charge >= 0.3 is 6.18 Å². The molecule has 1 aromatic carbocycles. The fourth-order valence-corrected chi connectivity index (χ4v) is 3.25. The van der Waals surface area contributed by atoms with Crippen molar-refractivity contribution in [2.75, 3.05) is 38.5 Å². The zero-order valence-corrected chi connectivity index (χ0v) is 16.1. The van der Waals surface area contributed by atoms with Crippen molar-refractivity contribution in [1.82, 2.24) is 4.90 Å². The number of alkyl halides is 3. The van der Waals surface area contributed by atoms with E-state index >= 15 is 0 Å². The predicted octanol–water partition coefficient (Wildman–Crippen LogP) is 2.07. The number of nitrogens with one attached hydrogen (secondary N) is 2. The van der Waals surface area contributed by atoms with Crippen molar-refractivity contribution in [2.24, 2.45) is 5.92 Å². The Kier molecular flexibility index (Phi) is 7.11. The molecule has 2 N–H and O–H groups in total. The molecule has 27 heavy (non-hydrogen) atoms. The summed E-state index contributed by atoms with van der Waals surface area (Å²) in [6.45, 7) is 4.13. The van der Waals surface area contributed by atoms with Gasteiger partial charge in [0.2, 0.25) is 5.91 Å². The summed E-state index contributed by atoms with van der Waals surface area (Å²) in [5.41, 5.74) is -1.04. The van der Waals surface area contributed by atoms with Gasteiger partial charge in [0, 0.05) is 12.7 Å². The highest BCUT2D eigenvalue weighted by Crippen LogP contribution is 2.36. The second kappa shape index (κ2) is 8.93. The van der Waals surface area contributed by atoms with Crippen LogP contribution in [0.2, 0.25) is 5.02 Å². The predicted molar refractivity (Wildman–Crippen MR) is 96.7 cm³/mol. The molecular formula is C18H24ClF3N3O2+. The lowest BCUT2D eigenvalue weighted by Crippen LogP contribution is -3.14. The molecule has 2 amide bonds. The third kappa shape index (κ3) is 6.39. The van der Waals surface area contributed by atoms with E-state index in [9.17, 15) is 22.8 Å². The van der Waals surface area contributed by atoms with Crippen LogP contribution in [0.3, 0.4) is 0 Å². The highest BCUT2D eigenvalue weighted by molar-refractivity contribution is 6.31. The van der Waals surface area contributed by atoms with E-state index in [1.807, 2.05) is 0 Å². The van der Waals surface area contributed by atoms with E-state index in [1.165, 1.54) is 22.9 Å². The van der Waals surface area contributed by atoms with Gasteiger partial charge in [-0.2, -0.15) is 13.2 Å². The lowest BCUT2D eigenvalue weighted by Gasteiger charge is -2.28. The maximum absolute atomic E-state index is 12.9. The summed E-state index contributed by atoms with van der Waals surface area (Å²) < 4.78 is 38.6. The van der Waals surface area contributed by atoms with Crippen LogP contribution in [-0.4, -0.2) is 49.9 Å². The van der Waals surface area contributed by atoms with E-state index < -0.39 is 22.7 Å². The molecule has 0 bridgehead atoms. The van der Waals surface area contributed by atoms with Crippen molar-refractivity contribution in [3.05, 3.63) is 28.8 Å². The molecule has 0 radical (unpaired) electrons. The number of hydrogen-bond donors (Lipinski definition) is 2. The summed E-state index contributed by atoms with van der Waals surface area (Å²) in [6.07, 6.45) is -2.46. The molecule has 5 nitrogen and oxygen atoms in total. The van der Waals surface area contributed by atoms with Crippen LogP contribution in [-0.2, 0) is 15.8 Å². The molecule has 1 fully saturated rings. The van der Waals surface area contributed by atoms with Crippen molar-refractivity contribution in [1.29, 1.82) is 0 Å². The molecule has 1 heterocycles. The summed E-state index contributed by atoms with van der Waals surface area (Å²) >= 11 is 5.56. The Morgan fingerprint density at radius 2 is 1.93 bits per heavy atom. The van der Waals surface area contributed by atoms with Crippen LogP contribution in [0, 0.1) is 5.92 Å². The zero-order valence-electron chi connectivity index (χ0n) is 15.3. The fourth-order valence-electron chi connectivity index (χ4n) is 3.02. The highest BCUT2D eigenvalue weighted by atomic mass is 35.5. The lowest BCUT2D eigenvalue weighted by molar-refractivity contribution is -0.898. The maximum Gasteiger partial charge on any atom is 0.417 e. The third-order valence-corrected chi connectivity index (χ3v) is 5.07.